The van der Waals surface area contributed by atoms with Gasteiger partial charge in [-0.25, -0.2) is 4.39 Å². The van der Waals surface area contributed by atoms with Gasteiger partial charge in [0.1, 0.15) is 11.6 Å². The topological polar surface area (TPSA) is 46.5 Å². The highest BCUT2D eigenvalue weighted by Crippen LogP contribution is 2.18. The third kappa shape index (κ3) is 3.58. The van der Waals surface area contributed by atoms with Gasteiger partial charge in [0, 0.05) is 11.6 Å². The summed E-state index contributed by atoms with van der Waals surface area (Å²) in [4.78, 5) is 11.2. The lowest BCUT2D eigenvalue weighted by atomic mass is 10.1. The van der Waals surface area contributed by atoms with Crippen molar-refractivity contribution in [3.63, 3.8) is 0 Å². The van der Waals surface area contributed by atoms with E-state index in [1.165, 1.54) is 12.1 Å². The van der Waals surface area contributed by atoms with Crippen LogP contribution >= 0.6 is 0 Å². The average Bonchev–Trinajstić information content (AvgIpc) is 2.08. The second kappa shape index (κ2) is 4.77. The largest absolute Gasteiger partial charge is 0.508 e. The van der Waals surface area contributed by atoms with Crippen molar-refractivity contribution in [1.29, 1.82) is 0 Å². The van der Waals surface area contributed by atoms with Crippen LogP contribution in [0.25, 0.3) is 0 Å². The van der Waals surface area contributed by atoms with Crippen molar-refractivity contribution < 1.29 is 19.0 Å². The van der Waals surface area contributed by atoms with Gasteiger partial charge < -0.3 is 9.84 Å². The summed E-state index contributed by atoms with van der Waals surface area (Å²) in [6, 6.07) is 3.53. The molecule has 4 heteroatoms. The fraction of sp³-hybridized carbons (Fsp3) is 0.364. The summed E-state index contributed by atoms with van der Waals surface area (Å²) < 4.78 is 17.5. The van der Waals surface area contributed by atoms with E-state index in [4.69, 9.17) is 4.74 Å². The van der Waals surface area contributed by atoms with Crippen LogP contribution in [0.4, 0.5) is 4.39 Å². The number of rotatable bonds is 3. The molecule has 82 valence electrons. The number of esters is 1. The van der Waals surface area contributed by atoms with E-state index in [-0.39, 0.29) is 18.3 Å². The molecule has 1 aromatic rings. The van der Waals surface area contributed by atoms with Crippen LogP contribution in [0, 0.1) is 5.82 Å². The predicted octanol–water partition coefficient (Wildman–Crippen LogP) is 2.03. The summed E-state index contributed by atoms with van der Waals surface area (Å²) >= 11 is 0. The summed E-state index contributed by atoms with van der Waals surface area (Å²) in [6.07, 6.45) is -0.246. The minimum Gasteiger partial charge on any atom is -0.508 e. The second-order valence-electron chi connectivity index (χ2n) is 3.49. The minimum absolute atomic E-state index is 0.0513. The number of aromatic hydroxyl groups is 1. The van der Waals surface area contributed by atoms with E-state index in [1.54, 1.807) is 13.8 Å². The first-order valence-electron chi connectivity index (χ1n) is 4.66. The SMILES string of the molecule is CC(C)OC(=O)Cc1ccc(F)cc1O. The molecular formula is C11H13FO3. The Bertz CT molecular complexity index is 361. The van der Waals surface area contributed by atoms with Crippen molar-refractivity contribution in [2.45, 2.75) is 26.4 Å². The molecule has 1 N–H and O–H groups in total. The van der Waals surface area contributed by atoms with Crippen LogP contribution in [0.2, 0.25) is 0 Å². The van der Waals surface area contributed by atoms with E-state index in [0.29, 0.717) is 5.56 Å². The number of phenolic OH excluding ortho intramolecular Hbond substituents is 1. The van der Waals surface area contributed by atoms with E-state index < -0.39 is 11.8 Å². The van der Waals surface area contributed by atoms with Crippen LogP contribution in [0.1, 0.15) is 19.4 Å². The zero-order chi connectivity index (χ0) is 11.4. The van der Waals surface area contributed by atoms with Crippen LogP contribution in [-0.4, -0.2) is 17.2 Å². The van der Waals surface area contributed by atoms with Crippen molar-refractivity contribution in [1.82, 2.24) is 0 Å². The quantitative estimate of drug-likeness (QED) is 0.780. The van der Waals surface area contributed by atoms with Gasteiger partial charge in [0.2, 0.25) is 0 Å². The number of halogens is 1. The molecule has 0 aliphatic carbocycles. The first-order valence-corrected chi connectivity index (χ1v) is 4.66. The molecule has 0 bridgehead atoms. The smallest absolute Gasteiger partial charge is 0.310 e. The Balaban J connectivity index is 2.68. The standard InChI is InChI=1S/C11H13FO3/c1-7(2)15-11(14)5-8-3-4-9(12)6-10(8)13/h3-4,6-7,13H,5H2,1-2H3. The Morgan fingerprint density at radius 3 is 2.73 bits per heavy atom. The van der Waals surface area contributed by atoms with E-state index >= 15 is 0 Å². The maximum absolute atomic E-state index is 12.6. The van der Waals surface area contributed by atoms with Crippen molar-refractivity contribution in [2.75, 3.05) is 0 Å². The Hall–Kier alpha value is -1.58. The molecule has 1 aromatic carbocycles. The molecule has 1 rings (SSSR count). The van der Waals surface area contributed by atoms with Gasteiger partial charge in [-0.2, -0.15) is 0 Å². The molecule has 0 amide bonds. The Kier molecular flexibility index (Phi) is 3.66. The van der Waals surface area contributed by atoms with Gasteiger partial charge in [0.05, 0.1) is 12.5 Å². The van der Waals surface area contributed by atoms with Crippen molar-refractivity contribution in [2.24, 2.45) is 0 Å². The first kappa shape index (κ1) is 11.5. The number of hydrogen-bond donors (Lipinski definition) is 1. The van der Waals surface area contributed by atoms with Crippen molar-refractivity contribution in [3.05, 3.63) is 29.6 Å². The molecule has 0 aliphatic heterocycles. The summed E-state index contributed by atoms with van der Waals surface area (Å²) in [5.41, 5.74) is 0.363. The van der Waals surface area contributed by atoms with Gasteiger partial charge in [-0.05, 0) is 19.9 Å². The fourth-order valence-corrected chi connectivity index (χ4v) is 1.15. The van der Waals surface area contributed by atoms with Crippen LogP contribution in [0.3, 0.4) is 0 Å². The molecule has 0 atom stereocenters. The van der Waals surface area contributed by atoms with Gasteiger partial charge in [-0.1, -0.05) is 6.07 Å². The van der Waals surface area contributed by atoms with Crippen LogP contribution in [0.5, 0.6) is 5.75 Å². The zero-order valence-electron chi connectivity index (χ0n) is 8.66. The fourth-order valence-electron chi connectivity index (χ4n) is 1.15. The molecule has 0 radical (unpaired) electrons. The lowest BCUT2D eigenvalue weighted by Gasteiger charge is -2.08. The second-order valence-corrected chi connectivity index (χ2v) is 3.49. The normalized spacial score (nSPS) is 10.4. The number of carbonyl (C=O) groups excluding carboxylic acids is 1. The molecule has 0 heterocycles. The third-order valence-electron chi connectivity index (χ3n) is 1.75. The van der Waals surface area contributed by atoms with Gasteiger partial charge in [0.25, 0.3) is 0 Å². The molecule has 0 aromatic heterocycles. The molecule has 0 saturated carbocycles. The molecule has 0 saturated heterocycles. The Labute approximate surface area is 87.5 Å². The van der Waals surface area contributed by atoms with E-state index in [2.05, 4.69) is 0 Å². The van der Waals surface area contributed by atoms with E-state index in [0.717, 1.165) is 6.07 Å². The third-order valence-corrected chi connectivity index (χ3v) is 1.75. The maximum Gasteiger partial charge on any atom is 0.310 e. The molecule has 0 unspecified atom stereocenters. The van der Waals surface area contributed by atoms with E-state index in [1.807, 2.05) is 0 Å². The number of ether oxygens (including phenoxy) is 1. The van der Waals surface area contributed by atoms with Crippen LogP contribution in [0.15, 0.2) is 18.2 Å². The van der Waals surface area contributed by atoms with Crippen LogP contribution in [-0.2, 0) is 16.0 Å². The van der Waals surface area contributed by atoms with Crippen molar-refractivity contribution in [3.8, 4) is 5.75 Å². The Morgan fingerprint density at radius 1 is 1.53 bits per heavy atom. The summed E-state index contributed by atoms with van der Waals surface area (Å²) in [5.74, 6) is -1.20. The molecular weight excluding hydrogens is 199 g/mol. The number of benzene rings is 1. The van der Waals surface area contributed by atoms with Crippen molar-refractivity contribution >= 4 is 5.97 Å². The van der Waals surface area contributed by atoms with Crippen LogP contribution < -0.4 is 0 Å². The zero-order valence-corrected chi connectivity index (χ0v) is 8.66. The Morgan fingerprint density at radius 2 is 2.20 bits per heavy atom. The predicted molar refractivity (Wildman–Crippen MR) is 53.0 cm³/mol. The molecule has 0 aliphatic rings. The highest BCUT2D eigenvalue weighted by atomic mass is 19.1. The monoisotopic (exact) mass is 212 g/mol. The molecule has 15 heavy (non-hydrogen) atoms. The average molecular weight is 212 g/mol. The minimum atomic E-state index is -0.534. The summed E-state index contributed by atoms with van der Waals surface area (Å²) in [5, 5.41) is 9.33. The molecule has 3 nitrogen and oxygen atoms in total. The summed E-state index contributed by atoms with van der Waals surface area (Å²) in [6.45, 7) is 3.48. The number of phenols is 1. The lowest BCUT2D eigenvalue weighted by molar-refractivity contribution is -0.146. The lowest BCUT2D eigenvalue weighted by Crippen LogP contribution is -2.13. The van der Waals surface area contributed by atoms with Gasteiger partial charge in [-0.15, -0.1) is 0 Å². The number of hydrogen-bond acceptors (Lipinski definition) is 3. The maximum atomic E-state index is 12.6. The molecule has 0 spiro atoms. The van der Waals surface area contributed by atoms with Gasteiger partial charge in [-0.3, -0.25) is 4.79 Å². The first-order chi connectivity index (χ1) is 6.99. The number of carbonyl (C=O) groups is 1. The summed E-state index contributed by atoms with van der Waals surface area (Å²) in [7, 11) is 0. The molecule has 0 fully saturated rings. The van der Waals surface area contributed by atoms with Gasteiger partial charge in [0.15, 0.2) is 0 Å². The van der Waals surface area contributed by atoms with E-state index in [9.17, 15) is 14.3 Å². The highest BCUT2D eigenvalue weighted by Gasteiger charge is 2.10. The van der Waals surface area contributed by atoms with Gasteiger partial charge >= 0.3 is 5.97 Å². The highest BCUT2D eigenvalue weighted by molar-refractivity contribution is 5.73.